The quantitative estimate of drug-likeness (QED) is 0.225. The number of aliphatic hydroxyl groups is 1. The molecule has 2 heterocycles. The van der Waals surface area contributed by atoms with E-state index in [-0.39, 0.29) is 5.75 Å². The van der Waals surface area contributed by atoms with Gasteiger partial charge in [0.05, 0.1) is 16.9 Å². The van der Waals surface area contributed by atoms with E-state index in [1.165, 1.54) is 46.4 Å². The van der Waals surface area contributed by atoms with E-state index < -0.39 is 12.1 Å². The third-order valence-electron chi connectivity index (χ3n) is 6.65. The molecule has 0 radical (unpaired) electrons. The minimum Gasteiger partial charge on any atom is -0.406 e. The Bertz CT molecular complexity index is 1610. The van der Waals surface area contributed by atoms with Gasteiger partial charge in [0, 0.05) is 23.2 Å². The van der Waals surface area contributed by atoms with E-state index in [9.17, 15) is 18.3 Å². The normalized spacial score (nSPS) is 18.5. The largest absolute Gasteiger partial charge is 0.573 e. The number of hydrogen-bond donors (Lipinski definition) is 1. The SMILES string of the molecule is Cc1ccc(N2/C(=C/N=C/c3ccc(-c4ncn(-c5ccc(OC(F)(F)F)cc5)n4)cc3)SCC2(C)O)c(C(C)C)c1. The number of alkyl halides is 3. The van der Waals surface area contributed by atoms with Gasteiger partial charge >= 0.3 is 6.36 Å². The third kappa shape index (κ3) is 6.69. The fourth-order valence-corrected chi connectivity index (χ4v) is 5.73. The van der Waals surface area contributed by atoms with E-state index in [4.69, 9.17) is 0 Å². The molecule has 0 saturated carbocycles. The van der Waals surface area contributed by atoms with Crippen molar-refractivity contribution in [1.29, 1.82) is 0 Å². The molecule has 1 aliphatic rings. The van der Waals surface area contributed by atoms with Crippen LogP contribution in [0.3, 0.4) is 0 Å². The van der Waals surface area contributed by atoms with Crippen molar-refractivity contribution in [3.05, 3.63) is 101 Å². The fourth-order valence-electron chi connectivity index (χ4n) is 4.62. The summed E-state index contributed by atoms with van der Waals surface area (Å²) in [6, 6.07) is 19.2. The molecule has 42 heavy (non-hydrogen) atoms. The van der Waals surface area contributed by atoms with Crippen molar-refractivity contribution in [2.24, 2.45) is 4.99 Å². The highest BCUT2D eigenvalue weighted by molar-refractivity contribution is 8.03. The molecule has 4 aromatic rings. The molecule has 0 aliphatic carbocycles. The predicted octanol–water partition coefficient (Wildman–Crippen LogP) is 7.44. The van der Waals surface area contributed by atoms with Gasteiger partial charge in [-0.15, -0.1) is 30.0 Å². The molecule has 1 fully saturated rings. The summed E-state index contributed by atoms with van der Waals surface area (Å²) in [6.07, 6.45) is 0.274. The summed E-state index contributed by atoms with van der Waals surface area (Å²) in [7, 11) is 0. The maximum absolute atomic E-state index is 12.4. The lowest BCUT2D eigenvalue weighted by Gasteiger charge is -2.34. The van der Waals surface area contributed by atoms with E-state index in [1.807, 2.05) is 36.1 Å². The highest BCUT2D eigenvalue weighted by atomic mass is 32.2. The zero-order valence-corrected chi connectivity index (χ0v) is 24.3. The average molecular weight is 594 g/mol. The number of anilines is 1. The van der Waals surface area contributed by atoms with Crippen LogP contribution in [-0.2, 0) is 0 Å². The number of halogens is 3. The number of aromatic nitrogens is 3. The molecule has 1 unspecified atom stereocenters. The Balaban J connectivity index is 1.30. The maximum Gasteiger partial charge on any atom is 0.573 e. The zero-order valence-electron chi connectivity index (χ0n) is 23.5. The molecular formula is C31H30F3N5O2S. The lowest BCUT2D eigenvalue weighted by Crippen LogP contribution is -2.42. The van der Waals surface area contributed by atoms with Gasteiger partial charge in [-0.2, -0.15) is 0 Å². The van der Waals surface area contributed by atoms with E-state index in [0.29, 0.717) is 23.2 Å². The van der Waals surface area contributed by atoms with Gasteiger partial charge in [-0.25, -0.2) is 9.67 Å². The lowest BCUT2D eigenvalue weighted by molar-refractivity contribution is -0.274. The molecule has 0 spiro atoms. The van der Waals surface area contributed by atoms with E-state index in [0.717, 1.165) is 21.8 Å². The van der Waals surface area contributed by atoms with Crippen molar-refractivity contribution < 1.29 is 23.0 Å². The Morgan fingerprint density at radius 1 is 1.07 bits per heavy atom. The summed E-state index contributed by atoms with van der Waals surface area (Å²) < 4.78 is 42.6. The second-order valence-electron chi connectivity index (χ2n) is 10.5. The smallest absolute Gasteiger partial charge is 0.406 e. The lowest BCUT2D eigenvalue weighted by atomic mass is 9.97. The van der Waals surface area contributed by atoms with Gasteiger partial charge in [0.25, 0.3) is 0 Å². The highest BCUT2D eigenvalue weighted by Crippen LogP contribution is 2.44. The topological polar surface area (TPSA) is 75.8 Å². The Morgan fingerprint density at radius 2 is 1.79 bits per heavy atom. The first kappa shape index (κ1) is 29.4. The van der Waals surface area contributed by atoms with Crippen LogP contribution in [0.15, 0.2) is 89.3 Å². The minimum absolute atomic E-state index is 0.295. The molecular weight excluding hydrogens is 563 g/mol. The Labute approximate surface area is 246 Å². The van der Waals surface area contributed by atoms with Crippen molar-refractivity contribution in [2.45, 2.75) is 45.7 Å². The summed E-state index contributed by atoms with van der Waals surface area (Å²) in [6.45, 7) is 8.19. The van der Waals surface area contributed by atoms with Crippen LogP contribution in [0.4, 0.5) is 18.9 Å². The van der Waals surface area contributed by atoms with Crippen LogP contribution >= 0.6 is 11.8 Å². The van der Waals surface area contributed by atoms with Gasteiger partial charge in [-0.05, 0) is 61.2 Å². The van der Waals surface area contributed by atoms with Crippen LogP contribution in [0.1, 0.15) is 43.4 Å². The second-order valence-corrected chi connectivity index (χ2v) is 11.5. The molecule has 3 aromatic carbocycles. The summed E-state index contributed by atoms with van der Waals surface area (Å²) in [5.41, 5.74) is 4.48. The number of hydrogen-bond acceptors (Lipinski definition) is 7. The molecule has 11 heteroatoms. The molecule has 1 N–H and O–H groups in total. The van der Waals surface area contributed by atoms with Crippen LogP contribution < -0.4 is 9.64 Å². The summed E-state index contributed by atoms with van der Waals surface area (Å²) in [5.74, 6) is 0.985. The number of nitrogens with zero attached hydrogens (tertiary/aromatic N) is 5. The fraction of sp³-hybridized carbons (Fsp3) is 0.258. The van der Waals surface area contributed by atoms with Gasteiger partial charge in [-0.1, -0.05) is 55.8 Å². The first-order chi connectivity index (χ1) is 19.9. The molecule has 1 saturated heterocycles. The first-order valence-corrected chi connectivity index (χ1v) is 14.3. The predicted molar refractivity (Wildman–Crippen MR) is 160 cm³/mol. The second kappa shape index (κ2) is 11.7. The van der Waals surface area contributed by atoms with E-state index >= 15 is 0 Å². The number of rotatable bonds is 7. The molecule has 218 valence electrons. The minimum atomic E-state index is -4.74. The summed E-state index contributed by atoms with van der Waals surface area (Å²) in [5, 5.41) is 16.5. The summed E-state index contributed by atoms with van der Waals surface area (Å²) in [4.78, 5) is 10.8. The number of thioether (sulfide) groups is 1. The van der Waals surface area contributed by atoms with Crippen molar-refractivity contribution in [2.75, 3.05) is 10.7 Å². The highest BCUT2D eigenvalue weighted by Gasteiger charge is 2.40. The zero-order chi connectivity index (χ0) is 30.1. The monoisotopic (exact) mass is 593 g/mol. The van der Waals surface area contributed by atoms with Crippen LogP contribution in [0.2, 0.25) is 0 Å². The van der Waals surface area contributed by atoms with Crippen LogP contribution in [0.25, 0.3) is 17.1 Å². The molecule has 0 amide bonds. The van der Waals surface area contributed by atoms with Crippen LogP contribution in [-0.4, -0.2) is 43.9 Å². The van der Waals surface area contributed by atoms with Crippen LogP contribution in [0.5, 0.6) is 5.75 Å². The molecule has 7 nitrogen and oxygen atoms in total. The van der Waals surface area contributed by atoms with Gasteiger partial charge in [-0.3, -0.25) is 4.99 Å². The third-order valence-corrected chi connectivity index (χ3v) is 7.92. The average Bonchev–Trinajstić information content (AvgIpc) is 3.53. The maximum atomic E-state index is 12.4. The van der Waals surface area contributed by atoms with Gasteiger partial charge < -0.3 is 14.7 Å². The van der Waals surface area contributed by atoms with Crippen molar-refractivity contribution >= 4 is 23.7 Å². The first-order valence-electron chi connectivity index (χ1n) is 13.3. The van der Waals surface area contributed by atoms with Crippen molar-refractivity contribution in [1.82, 2.24) is 14.8 Å². The number of aliphatic imine (C=N–C) groups is 1. The standard InChI is InChI=1S/C31H30F3N5O2S/c1-20(2)26-15-21(3)5-14-27(26)39-28(42-18-30(39,4)40)17-35-16-22-6-8-23(9-7-22)29-36-19-38(37-29)24-10-12-25(13-11-24)41-31(32,33)34/h5-17,19-20,40H,18H2,1-4H3/b28-17-,35-16+. The Morgan fingerprint density at radius 3 is 2.45 bits per heavy atom. The number of aryl methyl sites for hydroxylation is 1. The van der Waals surface area contributed by atoms with E-state index in [1.54, 1.807) is 24.2 Å². The molecule has 1 atom stereocenters. The Hall–Kier alpha value is -4.09. The Kier molecular flexibility index (Phi) is 8.16. The molecule has 1 aromatic heterocycles. The number of benzene rings is 3. The molecule has 1 aliphatic heterocycles. The van der Waals surface area contributed by atoms with Gasteiger partial charge in [0.15, 0.2) is 5.82 Å². The van der Waals surface area contributed by atoms with Crippen molar-refractivity contribution in [3.8, 4) is 22.8 Å². The molecule has 0 bridgehead atoms. The van der Waals surface area contributed by atoms with Gasteiger partial charge in [0.1, 0.15) is 17.8 Å². The van der Waals surface area contributed by atoms with E-state index in [2.05, 4.69) is 58.8 Å². The van der Waals surface area contributed by atoms with Gasteiger partial charge in [0.2, 0.25) is 0 Å². The van der Waals surface area contributed by atoms with Crippen molar-refractivity contribution in [3.63, 3.8) is 0 Å². The molecule has 5 rings (SSSR count). The number of ether oxygens (including phenoxy) is 1. The summed E-state index contributed by atoms with van der Waals surface area (Å²) >= 11 is 1.56. The van der Waals surface area contributed by atoms with Crippen LogP contribution in [0, 0.1) is 6.92 Å².